The van der Waals surface area contributed by atoms with E-state index in [9.17, 15) is 4.79 Å². The zero-order valence-corrected chi connectivity index (χ0v) is 21.2. The molecule has 0 atom stereocenters. The minimum absolute atomic E-state index is 0.0613. The Balaban J connectivity index is 1.81. The molecule has 0 spiro atoms. The van der Waals surface area contributed by atoms with Gasteiger partial charge < -0.3 is 19.1 Å². The van der Waals surface area contributed by atoms with E-state index >= 15 is 0 Å². The average Bonchev–Trinajstić information content (AvgIpc) is 3.12. The fourth-order valence-electron chi connectivity index (χ4n) is 3.74. The molecule has 8 heteroatoms. The number of carboxylic acid groups (broad SMARTS) is 1. The van der Waals surface area contributed by atoms with Crippen LogP contribution < -0.4 is 9.47 Å². The second-order valence-corrected chi connectivity index (χ2v) is 9.97. The fourth-order valence-corrected chi connectivity index (χ4v) is 4.21. The number of nitrogens with zero attached hydrogens (tertiary/aromatic N) is 2. The lowest BCUT2D eigenvalue weighted by atomic mass is 10.1. The summed E-state index contributed by atoms with van der Waals surface area (Å²) in [6, 6.07) is 18.8. The molecule has 0 aliphatic heterocycles. The van der Waals surface area contributed by atoms with Crippen LogP contribution in [0, 0.1) is 0 Å². The Hall–Kier alpha value is -3.22. The van der Waals surface area contributed by atoms with Gasteiger partial charge in [0.15, 0.2) is 0 Å². The molecule has 0 saturated carbocycles. The molecule has 0 saturated heterocycles. The largest absolute Gasteiger partial charge is 0.493 e. The number of benzene rings is 3. The van der Waals surface area contributed by atoms with Crippen molar-refractivity contribution in [2.75, 3.05) is 6.61 Å². The zero-order chi connectivity index (χ0) is 25.2. The summed E-state index contributed by atoms with van der Waals surface area (Å²) < 4.78 is 13.8. The fraction of sp³-hybridized carbons (Fsp3) is 0.259. The number of ether oxygens (including phenoxy) is 2. The SMILES string of the molecule is CC(C)(C)Oc1cccc2c1nc(-c1ccc(OCCC(=O)O)cc1Cl)n2Cc1cccc(Cl)c1. The molecule has 3 aromatic carbocycles. The van der Waals surface area contributed by atoms with Gasteiger partial charge in [-0.1, -0.05) is 41.4 Å². The molecule has 0 bridgehead atoms. The molecule has 4 aromatic rings. The van der Waals surface area contributed by atoms with E-state index < -0.39 is 11.6 Å². The van der Waals surface area contributed by atoms with Crippen LogP contribution in [0.5, 0.6) is 11.5 Å². The summed E-state index contributed by atoms with van der Waals surface area (Å²) in [5.74, 6) is 0.933. The minimum atomic E-state index is -0.921. The highest BCUT2D eigenvalue weighted by atomic mass is 35.5. The van der Waals surface area contributed by atoms with Gasteiger partial charge in [-0.25, -0.2) is 4.98 Å². The molecule has 182 valence electrons. The van der Waals surface area contributed by atoms with E-state index in [2.05, 4.69) is 4.57 Å². The molecule has 35 heavy (non-hydrogen) atoms. The average molecular weight is 513 g/mol. The van der Waals surface area contributed by atoms with Crippen LogP contribution in [0.1, 0.15) is 32.8 Å². The Labute approximate surface area is 214 Å². The smallest absolute Gasteiger partial charge is 0.306 e. The number of halogens is 2. The van der Waals surface area contributed by atoms with Gasteiger partial charge in [0, 0.05) is 17.1 Å². The zero-order valence-electron chi connectivity index (χ0n) is 19.7. The summed E-state index contributed by atoms with van der Waals surface area (Å²) >= 11 is 12.9. The predicted molar refractivity (Wildman–Crippen MR) is 139 cm³/mol. The van der Waals surface area contributed by atoms with Crippen LogP contribution in [0.4, 0.5) is 0 Å². The number of rotatable bonds is 8. The van der Waals surface area contributed by atoms with E-state index in [1.54, 1.807) is 12.1 Å². The number of fused-ring (bicyclic) bond motifs is 1. The number of aliphatic carboxylic acids is 1. The second kappa shape index (κ2) is 10.2. The second-order valence-electron chi connectivity index (χ2n) is 9.12. The van der Waals surface area contributed by atoms with Gasteiger partial charge in [0.05, 0.1) is 23.6 Å². The van der Waals surface area contributed by atoms with E-state index in [0.29, 0.717) is 33.9 Å². The lowest BCUT2D eigenvalue weighted by Gasteiger charge is -2.21. The Morgan fingerprint density at radius 2 is 1.83 bits per heavy atom. The third-order valence-corrected chi connectivity index (χ3v) is 5.70. The van der Waals surface area contributed by atoms with Gasteiger partial charge in [-0.15, -0.1) is 0 Å². The van der Waals surface area contributed by atoms with E-state index in [0.717, 1.165) is 22.2 Å². The predicted octanol–water partition coefficient (Wildman–Crippen LogP) is 7.09. The number of hydrogen-bond donors (Lipinski definition) is 1. The summed E-state index contributed by atoms with van der Waals surface area (Å²) in [5, 5.41) is 9.94. The van der Waals surface area contributed by atoms with Crippen molar-refractivity contribution in [1.29, 1.82) is 0 Å². The standard InChI is InChI=1S/C27H26Cl2N2O4/c1-27(2,3)35-23-9-5-8-22-25(23)30-26(31(22)16-17-6-4-7-18(28)14-17)20-11-10-19(15-21(20)29)34-13-12-24(32)33/h4-11,14-15H,12-13,16H2,1-3H3,(H,32,33). The maximum absolute atomic E-state index is 10.8. The number of hydrogen-bond acceptors (Lipinski definition) is 4. The molecular formula is C27H26Cl2N2O4. The van der Waals surface area contributed by atoms with Crippen LogP contribution in [0.15, 0.2) is 60.7 Å². The van der Waals surface area contributed by atoms with Gasteiger partial charge in [-0.3, -0.25) is 4.79 Å². The Morgan fingerprint density at radius 1 is 1.06 bits per heavy atom. The molecule has 1 heterocycles. The quantitative estimate of drug-likeness (QED) is 0.272. The van der Waals surface area contributed by atoms with Crippen molar-refractivity contribution in [3.05, 3.63) is 76.3 Å². The van der Waals surface area contributed by atoms with Crippen LogP contribution >= 0.6 is 23.2 Å². The monoisotopic (exact) mass is 512 g/mol. The highest BCUT2D eigenvalue weighted by Gasteiger charge is 2.21. The molecule has 0 amide bonds. The summed E-state index contributed by atoms with van der Waals surface area (Å²) in [7, 11) is 0. The highest BCUT2D eigenvalue weighted by Crippen LogP contribution is 2.36. The van der Waals surface area contributed by atoms with Crippen LogP contribution in [0.25, 0.3) is 22.4 Å². The van der Waals surface area contributed by atoms with Gasteiger partial charge in [-0.05, 0) is 68.8 Å². The molecule has 0 aliphatic carbocycles. The van der Waals surface area contributed by atoms with Crippen molar-refractivity contribution in [2.45, 2.75) is 39.3 Å². The van der Waals surface area contributed by atoms with Crippen molar-refractivity contribution in [3.63, 3.8) is 0 Å². The number of para-hydroxylation sites is 1. The van der Waals surface area contributed by atoms with Crippen LogP contribution in [0.3, 0.4) is 0 Å². The first-order chi connectivity index (χ1) is 16.6. The first kappa shape index (κ1) is 24.9. The lowest BCUT2D eigenvalue weighted by Crippen LogP contribution is -2.23. The summed E-state index contributed by atoms with van der Waals surface area (Å²) in [6.07, 6.45) is -0.0919. The van der Waals surface area contributed by atoms with Gasteiger partial charge in [-0.2, -0.15) is 0 Å². The summed E-state index contributed by atoms with van der Waals surface area (Å²) in [6.45, 7) is 6.57. The molecule has 0 aliphatic rings. The molecule has 0 radical (unpaired) electrons. The van der Waals surface area contributed by atoms with Crippen molar-refractivity contribution in [3.8, 4) is 22.9 Å². The van der Waals surface area contributed by atoms with Gasteiger partial charge >= 0.3 is 5.97 Å². The first-order valence-electron chi connectivity index (χ1n) is 11.2. The molecule has 0 unspecified atom stereocenters. The normalized spacial score (nSPS) is 11.6. The van der Waals surface area contributed by atoms with E-state index in [-0.39, 0.29) is 13.0 Å². The molecule has 1 aromatic heterocycles. The first-order valence-corrected chi connectivity index (χ1v) is 11.9. The van der Waals surface area contributed by atoms with Crippen molar-refractivity contribution < 1.29 is 19.4 Å². The molecule has 1 N–H and O–H groups in total. The van der Waals surface area contributed by atoms with E-state index in [4.69, 9.17) is 42.8 Å². The van der Waals surface area contributed by atoms with Crippen LogP contribution in [0.2, 0.25) is 10.0 Å². The van der Waals surface area contributed by atoms with Crippen LogP contribution in [-0.4, -0.2) is 32.8 Å². The van der Waals surface area contributed by atoms with Crippen molar-refractivity contribution >= 4 is 40.2 Å². The number of aromatic nitrogens is 2. The number of carboxylic acids is 1. The van der Waals surface area contributed by atoms with Crippen LogP contribution in [-0.2, 0) is 11.3 Å². The number of imidazole rings is 1. The van der Waals surface area contributed by atoms with E-state index in [1.807, 2.05) is 69.3 Å². The van der Waals surface area contributed by atoms with Gasteiger partial charge in [0.2, 0.25) is 0 Å². The molecule has 0 fully saturated rings. The maximum Gasteiger partial charge on any atom is 0.306 e. The van der Waals surface area contributed by atoms with E-state index in [1.165, 1.54) is 0 Å². The molecule has 6 nitrogen and oxygen atoms in total. The maximum atomic E-state index is 10.8. The third-order valence-electron chi connectivity index (χ3n) is 5.15. The molecular weight excluding hydrogens is 487 g/mol. The Morgan fingerprint density at radius 3 is 2.51 bits per heavy atom. The lowest BCUT2D eigenvalue weighted by molar-refractivity contribution is -0.137. The third kappa shape index (κ3) is 6.08. The minimum Gasteiger partial charge on any atom is -0.493 e. The number of carbonyl (C=O) groups is 1. The molecule has 4 rings (SSSR count). The Kier molecular flexibility index (Phi) is 7.24. The van der Waals surface area contributed by atoms with Crippen molar-refractivity contribution in [1.82, 2.24) is 9.55 Å². The highest BCUT2D eigenvalue weighted by molar-refractivity contribution is 6.33. The Bertz CT molecular complexity index is 1380. The van der Waals surface area contributed by atoms with Crippen molar-refractivity contribution in [2.24, 2.45) is 0 Å². The summed E-state index contributed by atoms with van der Waals surface area (Å²) in [5.41, 5.74) is 2.98. The van der Waals surface area contributed by atoms with Gasteiger partial charge in [0.1, 0.15) is 28.4 Å². The van der Waals surface area contributed by atoms with Gasteiger partial charge in [0.25, 0.3) is 0 Å². The summed E-state index contributed by atoms with van der Waals surface area (Å²) in [4.78, 5) is 15.7. The topological polar surface area (TPSA) is 73.6 Å².